The van der Waals surface area contributed by atoms with Gasteiger partial charge in [0.1, 0.15) is 5.75 Å². The van der Waals surface area contributed by atoms with E-state index in [1.807, 2.05) is 49.4 Å². The Labute approximate surface area is 155 Å². The Balaban J connectivity index is 1.94. The Hall–Kier alpha value is -2.37. The summed E-state index contributed by atoms with van der Waals surface area (Å²) in [7, 11) is -0.375. The van der Waals surface area contributed by atoms with Crippen LogP contribution in [0.2, 0.25) is 0 Å². The highest BCUT2D eigenvalue weighted by molar-refractivity contribution is 7.89. The topological polar surface area (TPSA) is 46.6 Å². The Morgan fingerprint density at radius 2 is 1.69 bits per heavy atom. The second kappa shape index (κ2) is 7.48. The second-order valence-electron chi connectivity index (χ2n) is 6.23. The molecule has 136 valence electrons. The van der Waals surface area contributed by atoms with Crippen LogP contribution in [-0.4, -0.2) is 26.9 Å². The zero-order valence-electron chi connectivity index (χ0n) is 15.3. The summed E-state index contributed by atoms with van der Waals surface area (Å²) in [4.78, 5) is 0.290. The predicted octanol–water partition coefficient (Wildman–Crippen LogP) is 4.23. The third-order valence-electron chi connectivity index (χ3n) is 4.61. The molecule has 3 aromatic carbocycles. The molecule has 0 spiro atoms. The van der Waals surface area contributed by atoms with Gasteiger partial charge in [-0.25, -0.2) is 8.42 Å². The Morgan fingerprint density at radius 3 is 2.42 bits per heavy atom. The molecule has 0 bridgehead atoms. The molecule has 0 saturated heterocycles. The summed E-state index contributed by atoms with van der Waals surface area (Å²) in [5.41, 5.74) is 1.87. The molecule has 0 aliphatic heterocycles. The average Bonchev–Trinajstić information content (AvgIpc) is 2.67. The van der Waals surface area contributed by atoms with Gasteiger partial charge in [0, 0.05) is 13.6 Å². The maximum atomic E-state index is 13.0. The van der Waals surface area contributed by atoms with Crippen molar-refractivity contribution in [1.82, 2.24) is 4.31 Å². The van der Waals surface area contributed by atoms with Gasteiger partial charge in [-0.2, -0.15) is 4.31 Å². The number of methoxy groups -OCH3 is 1. The largest absolute Gasteiger partial charge is 0.496 e. The van der Waals surface area contributed by atoms with Gasteiger partial charge in [-0.15, -0.1) is 0 Å². The number of rotatable bonds is 6. The van der Waals surface area contributed by atoms with Gasteiger partial charge in [0.15, 0.2) is 0 Å². The van der Waals surface area contributed by atoms with Gasteiger partial charge >= 0.3 is 0 Å². The van der Waals surface area contributed by atoms with E-state index < -0.39 is 10.0 Å². The second-order valence-corrected chi connectivity index (χ2v) is 8.27. The number of benzene rings is 3. The molecule has 5 heteroatoms. The van der Waals surface area contributed by atoms with Crippen LogP contribution in [-0.2, 0) is 23.0 Å². The molecular formula is C21H23NO3S. The Bertz CT molecular complexity index is 1020. The van der Waals surface area contributed by atoms with Crippen LogP contribution in [0.25, 0.3) is 10.8 Å². The van der Waals surface area contributed by atoms with Crippen molar-refractivity contribution in [3.63, 3.8) is 0 Å². The first-order valence-corrected chi connectivity index (χ1v) is 10.0. The Kier molecular flexibility index (Phi) is 5.30. The number of nitrogens with zero attached hydrogens (tertiary/aromatic N) is 1. The van der Waals surface area contributed by atoms with Crippen LogP contribution in [0.3, 0.4) is 0 Å². The van der Waals surface area contributed by atoms with E-state index in [0.29, 0.717) is 18.7 Å². The van der Waals surface area contributed by atoms with E-state index in [-0.39, 0.29) is 4.90 Å². The molecule has 0 heterocycles. The average molecular weight is 369 g/mol. The molecule has 0 atom stereocenters. The van der Waals surface area contributed by atoms with Crippen molar-refractivity contribution in [2.75, 3.05) is 14.2 Å². The normalized spacial score (nSPS) is 11.8. The fourth-order valence-corrected chi connectivity index (χ4v) is 4.33. The van der Waals surface area contributed by atoms with E-state index in [2.05, 4.69) is 0 Å². The standard InChI is InChI=1S/C21H23NO3S/c1-4-16-14-19(12-13-21(16)25-3)26(23,24)22(2)15-18-10-7-9-17-8-5-6-11-20(17)18/h5-14H,4,15H2,1-3H3. The van der Waals surface area contributed by atoms with Crippen LogP contribution >= 0.6 is 0 Å². The van der Waals surface area contributed by atoms with Gasteiger partial charge in [0.2, 0.25) is 10.0 Å². The molecule has 0 aliphatic carbocycles. The highest BCUT2D eigenvalue weighted by Gasteiger charge is 2.22. The third-order valence-corrected chi connectivity index (χ3v) is 6.41. The van der Waals surface area contributed by atoms with Gasteiger partial charge in [0.25, 0.3) is 0 Å². The van der Waals surface area contributed by atoms with Gasteiger partial charge in [0.05, 0.1) is 12.0 Å². The molecule has 0 aliphatic rings. The highest BCUT2D eigenvalue weighted by Crippen LogP contribution is 2.26. The molecule has 0 fully saturated rings. The number of ether oxygens (including phenoxy) is 1. The summed E-state index contributed by atoms with van der Waals surface area (Å²) in [5.74, 6) is 0.711. The van der Waals surface area contributed by atoms with E-state index >= 15 is 0 Å². The quantitative estimate of drug-likeness (QED) is 0.653. The van der Waals surface area contributed by atoms with Gasteiger partial charge in [-0.1, -0.05) is 49.4 Å². The van der Waals surface area contributed by atoms with Gasteiger partial charge in [-0.05, 0) is 46.5 Å². The number of hydrogen-bond donors (Lipinski definition) is 0. The molecular weight excluding hydrogens is 346 g/mol. The zero-order valence-corrected chi connectivity index (χ0v) is 16.1. The van der Waals surface area contributed by atoms with E-state index in [4.69, 9.17) is 4.74 Å². The summed E-state index contributed by atoms with van der Waals surface area (Å²) in [6.07, 6.45) is 0.708. The molecule has 0 unspecified atom stereocenters. The van der Waals surface area contributed by atoms with E-state index in [0.717, 1.165) is 21.9 Å². The van der Waals surface area contributed by atoms with Crippen LogP contribution in [0.15, 0.2) is 65.6 Å². The molecule has 0 radical (unpaired) electrons. The number of sulfonamides is 1. The molecule has 3 aromatic rings. The highest BCUT2D eigenvalue weighted by atomic mass is 32.2. The van der Waals surface area contributed by atoms with E-state index in [1.54, 1.807) is 32.4 Å². The Morgan fingerprint density at radius 1 is 0.962 bits per heavy atom. The smallest absolute Gasteiger partial charge is 0.243 e. The van der Waals surface area contributed by atoms with Gasteiger partial charge in [-0.3, -0.25) is 0 Å². The lowest BCUT2D eigenvalue weighted by Gasteiger charge is -2.19. The van der Waals surface area contributed by atoms with E-state index in [9.17, 15) is 8.42 Å². The first-order chi connectivity index (χ1) is 12.5. The lowest BCUT2D eigenvalue weighted by molar-refractivity contribution is 0.409. The van der Waals surface area contributed by atoms with Crippen LogP contribution in [0.4, 0.5) is 0 Å². The summed E-state index contributed by atoms with van der Waals surface area (Å²) < 4.78 is 32.7. The summed E-state index contributed by atoms with van der Waals surface area (Å²) in [6, 6.07) is 19.0. The number of aryl methyl sites for hydroxylation is 1. The molecule has 0 N–H and O–H groups in total. The first-order valence-electron chi connectivity index (χ1n) is 8.57. The van der Waals surface area contributed by atoms with Crippen molar-refractivity contribution in [1.29, 1.82) is 0 Å². The molecule has 0 amide bonds. The first kappa shape index (κ1) is 18.4. The SMILES string of the molecule is CCc1cc(S(=O)(=O)N(C)Cc2cccc3ccccc23)ccc1OC. The lowest BCUT2D eigenvalue weighted by Crippen LogP contribution is -2.26. The molecule has 3 rings (SSSR count). The number of fused-ring (bicyclic) bond motifs is 1. The number of hydrogen-bond acceptors (Lipinski definition) is 3. The minimum Gasteiger partial charge on any atom is -0.496 e. The maximum absolute atomic E-state index is 13.0. The molecule has 0 saturated carbocycles. The van der Waals surface area contributed by atoms with Gasteiger partial charge < -0.3 is 4.74 Å². The van der Waals surface area contributed by atoms with Crippen molar-refractivity contribution in [3.05, 3.63) is 71.8 Å². The van der Waals surface area contributed by atoms with Crippen molar-refractivity contribution in [2.24, 2.45) is 0 Å². The summed E-state index contributed by atoms with van der Waals surface area (Å²) in [5, 5.41) is 2.18. The third kappa shape index (κ3) is 3.45. The fraction of sp³-hybridized carbons (Fsp3) is 0.238. The van der Waals surface area contributed by atoms with Crippen molar-refractivity contribution >= 4 is 20.8 Å². The summed E-state index contributed by atoms with van der Waals surface area (Å²) >= 11 is 0. The fourth-order valence-electron chi connectivity index (χ4n) is 3.13. The minimum absolute atomic E-state index is 0.290. The zero-order chi connectivity index (χ0) is 18.7. The molecule has 0 aromatic heterocycles. The van der Waals surface area contributed by atoms with Crippen molar-refractivity contribution in [2.45, 2.75) is 24.8 Å². The van der Waals surface area contributed by atoms with Crippen molar-refractivity contribution < 1.29 is 13.2 Å². The monoisotopic (exact) mass is 369 g/mol. The molecule has 4 nitrogen and oxygen atoms in total. The van der Waals surface area contributed by atoms with Crippen molar-refractivity contribution in [3.8, 4) is 5.75 Å². The van der Waals surface area contributed by atoms with Crippen LogP contribution < -0.4 is 4.74 Å². The van der Waals surface area contributed by atoms with E-state index in [1.165, 1.54) is 4.31 Å². The van der Waals surface area contributed by atoms with Crippen LogP contribution in [0.1, 0.15) is 18.1 Å². The molecule has 26 heavy (non-hydrogen) atoms. The predicted molar refractivity (Wildman–Crippen MR) is 105 cm³/mol. The van der Waals surface area contributed by atoms with Crippen LogP contribution in [0, 0.1) is 0 Å². The maximum Gasteiger partial charge on any atom is 0.243 e. The van der Waals surface area contributed by atoms with Crippen LogP contribution in [0.5, 0.6) is 5.75 Å². The lowest BCUT2D eigenvalue weighted by atomic mass is 10.0. The minimum atomic E-state index is -3.59. The summed E-state index contributed by atoms with van der Waals surface area (Å²) in [6.45, 7) is 2.30.